The van der Waals surface area contributed by atoms with Crippen LogP contribution in [0.5, 0.6) is 0 Å². The molecule has 0 aromatic heterocycles. The molecule has 162 valence electrons. The van der Waals surface area contributed by atoms with Gasteiger partial charge in [-0.2, -0.15) is 0 Å². The summed E-state index contributed by atoms with van der Waals surface area (Å²) in [6, 6.07) is 16.6. The average molecular weight is 413 g/mol. The summed E-state index contributed by atoms with van der Waals surface area (Å²) in [4.78, 5) is 13.5. The maximum atomic E-state index is 12.1. The Kier molecular flexibility index (Phi) is 6.81. The molecule has 2 aromatic carbocycles. The number of rotatable bonds is 7. The van der Waals surface area contributed by atoms with E-state index in [2.05, 4.69) is 5.32 Å². The van der Waals surface area contributed by atoms with Crippen LogP contribution in [-0.4, -0.2) is 56.6 Å². The highest BCUT2D eigenvalue weighted by Crippen LogP contribution is 2.31. The number of hydrogen-bond acceptors (Lipinski definition) is 4. The van der Waals surface area contributed by atoms with Crippen LogP contribution < -0.4 is 5.32 Å². The van der Waals surface area contributed by atoms with Crippen molar-refractivity contribution >= 4 is 6.09 Å². The van der Waals surface area contributed by atoms with Gasteiger partial charge in [0.1, 0.15) is 0 Å². The van der Waals surface area contributed by atoms with Gasteiger partial charge in [0, 0.05) is 18.5 Å². The number of hydrogen-bond donors (Lipinski definition) is 4. The van der Waals surface area contributed by atoms with Crippen molar-refractivity contribution in [2.75, 3.05) is 6.54 Å². The zero-order valence-corrected chi connectivity index (χ0v) is 17.8. The first-order valence-electron chi connectivity index (χ1n) is 10.4. The molecule has 1 aliphatic carbocycles. The normalized spacial score (nSPS) is 20.4. The molecule has 4 atom stereocenters. The molecule has 0 aliphatic heterocycles. The van der Waals surface area contributed by atoms with Gasteiger partial charge in [-0.05, 0) is 43.9 Å². The summed E-state index contributed by atoms with van der Waals surface area (Å²) in [5, 5.41) is 34.8. The van der Waals surface area contributed by atoms with Gasteiger partial charge in [0.05, 0.1) is 24.3 Å². The lowest BCUT2D eigenvalue weighted by Crippen LogP contribution is -2.58. The van der Waals surface area contributed by atoms with E-state index in [1.807, 2.05) is 75.4 Å². The summed E-state index contributed by atoms with van der Waals surface area (Å²) in [6.07, 6.45) is -1.60. The first-order valence-corrected chi connectivity index (χ1v) is 10.4. The minimum atomic E-state index is -1.06. The van der Waals surface area contributed by atoms with E-state index in [0.717, 1.165) is 16.7 Å². The van der Waals surface area contributed by atoms with Crippen molar-refractivity contribution in [3.05, 3.63) is 71.3 Å². The second-order valence-corrected chi connectivity index (χ2v) is 9.00. The molecule has 6 nitrogen and oxygen atoms in total. The molecule has 6 heteroatoms. The van der Waals surface area contributed by atoms with Crippen molar-refractivity contribution in [1.82, 2.24) is 10.2 Å². The molecule has 0 saturated heterocycles. The third kappa shape index (κ3) is 5.01. The lowest BCUT2D eigenvalue weighted by molar-refractivity contribution is 0.00479. The quantitative estimate of drug-likeness (QED) is 0.561. The number of amides is 1. The van der Waals surface area contributed by atoms with Gasteiger partial charge >= 0.3 is 6.09 Å². The highest BCUT2D eigenvalue weighted by molar-refractivity contribution is 5.66. The molecule has 30 heavy (non-hydrogen) atoms. The van der Waals surface area contributed by atoms with E-state index in [1.54, 1.807) is 0 Å². The molecule has 3 rings (SSSR count). The van der Waals surface area contributed by atoms with Crippen LogP contribution in [-0.2, 0) is 12.8 Å². The molecule has 0 saturated carbocycles. The van der Waals surface area contributed by atoms with E-state index < -0.39 is 29.9 Å². The summed E-state index contributed by atoms with van der Waals surface area (Å²) in [6.45, 7) is 5.66. The van der Waals surface area contributed by atoms with Crippen LogP contribution in [0.2, 0.25) is 0 Å². The van der Waals surface area contributed by atoms with Crippen LogP contribution in [0.3, 0.4) is 0 Å². The SMILES string of the molecule is CC(C)(C)N(C(=O)O)[C@@H](Cc1ccccc1)[C@H](O)CN[C@@H]1c2ccccc2C[C@@H]1O. The predicted octanol–water partition coefficient (Wildman–Crippen LogP) is 2.99. The topological polar surface area (TPSA) is 93.0 Å². The number of benzene rings is 2. The third-order valence-electron chi connectivity index (χ3n) is 5.74. The Bertz CT molecular complexity index is 850. The van der Waals surface area contributed by atoms with E-state index >= 15 is 0 Å². The van der Waals surface area contributed by atoms with Crippen LogP contribution >= 0.6 is 0 Å². The predicted molar refractivity (Wildman–Crippen MR) is 116 cm³/mol. The first kappa shape index (κ1) is 22.3. The fourth-order valence-electron chi connectivity index (χ4n) is 4.38. The zero-order chi connectivity index (χ0) is 21.9. The fourth-order valence-corrected chi connectivity index (χ4v) is 4.38. The lowest BCUT2D eigenvalue weighted by atomic mass is 9.94. The Morgan fingerprint density at radius 1 is 1.13 bits per heavy atom. The molecule has 0 heterocycles. The Balaban J connectivity index is 1.79. The zero-order valence-electron chi connectivity index (χ0n) is 17.8. The minimum Gasteiger partial charge on any atom is -0.465 e. The van der Waals surface area contributed by atoms with E-state index in [-0.39, 0.29) is 12.6 Å². The minimum absolute atomic E-state index is 0.174. The van der Waals surface area contributed by atoms with E-state index in [9.17, 15) is 20.1 Å². The van der Waals surface area contributed by atoms with Crippen molar-refractivity contribution in [2.45, 2.75) is 63.4 Å². The van der Waals surface area contributed by atoms with E-state index in [0.29, 0.717) is 12.8 Å². The standard InChI is InChI=1S/C24H32N2O4/c1-24(2,3)26(23(29)30)19(13-16-9-5-4-6-10-16)21(28)15-25-22-18-12-8-7-11-17(18)14-20(22)27/h4-12,19-22,25,27-28H,13-15H2,1-3H3,(H,29,30)/t19-,20-,21+,22+/m0/s1. The molecular formula is C24H32N2O4. The summed E-state index contributed by atoms with van der Waals surface area (Å²) < 4.78 is 0. The van der Waals surface area contributed by atoms with E-state index in [1.165, 1.54) is 4.90 Å². The second kappa shape index (κ2) is 9.16. The molecular weight excluding hydrogens is 380 g/mol. The first-order chi connectivity index (χ1) is 14.2. The van der Waals surface area contributed by atoms with Crippen LogP contribution in [0.4, 0.5) is 4.79 Å². The lowest BCUT2D eigenvalue weighted by Gasteiger charge is -2.42. The Hall–Kier alpha value is -2.41. The number of aliphatic hydroxyl groups is 2. The molecule has 1 aliphatic rings. The van der Waals surface area contributed by atoms with Crippen molar-refractivity contribution in [3.8, 4) is 0 Å². The van der Waals surface area contributed by atoms with Crippen molar-refractivity contribution in [3.63, 3.8) is 0 Å². The molecule has 4 N–H and O–H groups in total. The molecule has 0 spiro atoms. The van der Waals surface area contributed by atoms with Gasteiger partial charge in [-0.15, -0.1) is 0 Å². The number of nitrogens with one attached hydrogen (secondary N) is 1. The van der Waals surface area contributed by atoms with Crippen LogP contribution in [0, 0.1) is 0 Å². The van der Waals surface area contributed by atoms with Crippen LogP contribution in [0.1, 0.15) is 43.5 Å². The van der Waals surface area contributed by atoms with Crippen LogP contribution in [0.15, 0.2) is 54.6 Å². The molecule has 1 amide bonds. The summed E-state index contributed by atoms with van der Waals surface area (Å²) in [7, 11) is 0. The number of fused-ring (bicyclic) bond motifs is 1. The van der Waals surface area contributed by atoms with Gasteiger partial charge in [0.25, 0.3) is 0 Å². The summed E-state index contributed by atoms with van der Waals surface area (Å²) in [5.74, 6) is 0. The van der Waals surface area contributed by atoms with Gasteiger partial charge in [-0.1, -0.05) is 54.6 Å². The molecule has 0 bridgehead atoms. The second-order valence-electron chi connectivity index (χ2n) is 9.00. The smallest absolute Gasteiger partial charge is 0.408 e. The van der Waals surface area contributed by atoms with E-state index in [4.69, 9.17) is 0 Å². The average Bonchev–Trinajstić information content (AvgIpc) is 3.00. The Morgan fingerprint density at radius 2 is 1.77 bits per heavy atom. The van der Waals surface area contributed by atoms with Gasteiger partial charge in [-0.3, -0.25) is 4.90 Å². The number of aliphatic hydroxyl groups excluding tert-OH is 2. The molecule has 2 aromatic rings. The van der Waals surface area contributed by atoms with Gasteiger partial charge < -0.3 is 20.6 Å². The highest BCUT2D eigenvalue weighted by Gasteiger charge is 2.38. The maximum absolute atomic E-state index is 12.1. The largest absolute Gasteiger partial charge is 0.465 e. The number of carbonyl (C=O) groups is 1. The highest BCUT2D eigenvalue weighted by atomic mass is 16.4. The van der Waals surface area contributed by atoms with Gasteiger partial charge in [0.15, 0.2) is 0 Å². The number of nitrogens with zero attached hydrogens (tertiary/aromatic N) is 1. The third-order valence-corrected chi connectivity index (χ3v) is 5.74. The Labute approximate surface area is 178 Å². The summed E-state index contributed by atoms with van der Waals surface area (Å²) in [5.41, 5.74) is 2.41. The van der Waals surface area contributed by atoms with Crippen LogP contribution in [0.25, 0.3) is 0 Å². The maximum Gasteiger partial charge on any atom is 0.408 e. The van der Waals surface area contributed by atoms with Crippen molar-refractivity contribution in [1.29, 1.82) is 0 Å². The molecule has 0 unspecified atom stereocenters. The molecule has 0 fully saturated rings. The molecule has 0 radical (unpaired) electrons. The fraction of sp³-hybridized carbons (Fsp3) is 0.458. The van der Waals surface area contributed by atoms with Crippen molar-refractivity contribution in [2.24, 2.45) is 0 Å². The monoisotopic (exact) mass is 412 g/mol. The van der Waals surface area contributed by atoms with Gasteiger partial charge in [0.2, 0.25) is 0 Å². The Morgan fingerprint density at radius 3 is 2.40 bits per heavy atom. The van der Waals surface area contributed by atoms with Gasteiger partial charge in [-0.25, -0.2) is 4.79 Å². The number of carboxylic acid groups (broad SMARTS) is 1. The van der Waals surface area contributed by atoms with Crippen molar-refractivity contribution < 1.29 is 20.1 Å². The summed E-state index contributed by atoms with van der Waals surface area (Å²) >= 11 is 0.